The molecule has 0 saturated carbocycles. The number of halogens is 3. The van der Waals surface area contributed by atoms with Crippen molar-refractivity contribution in [3.05, 3.63) is 33.6 Å². The Morgan fingerprint density at radius 2 is 1.81 bits per heavy atom. The maximum absolute atomic E-state index is 13.5. The zero-order valence-corrected chi connectivity index (χ0v) is 14.1. The smallest absolute Gasteiger partial charge is 0.236 e. The van der Waals surface area contributed by atoms with Crippen LogP contribution in [0, 0.1) is 11.7 Å². The van der Waals surface area contributed by atoms with Gasteiger partial charge in [0, 0.05) is 17.6 Å². The molecule has 2 unspecified atom stereocenters. The summed E-state index contributed by atoms with van der Waals surface area (Å²) < 4.78 is 13.5. The normalized spacial score (nSPS) is 14.1. The number of hydrogen-bond acceptors (Lipinski definition) is 2. The minimum Gasteiger partial charge on any atom is -0.354 e. The van der Waals surface area contributed by atoms with Crippen molar-refractivity contribution < 1.29 is 9.18 Å². The maximum atomic E-state index is 13.5. The van der Waals surface area contributed by atoms with E-state index in [9.17, 15) is 9.18 Å². The number of rotatable bonds is 6. The molecule has 2 atom stereocenters. The van der Waals surface area contributed by atoms with Gasteiger partial charge in [-0.15, -0.1) is 0 Å². The van der Waals surface area contributed by atoms with E-state index < -0.39 is 11.9 Å². The van der Waals surface area contributed by atoms with Crippen LogP contribution in [0.3, 0.4) is 0 Å². The predicted octanol–water partition coefficient (Wildman–Crippen LogP) is 3.94. The molecule has 0 heterocycles. The summed E-state index contributed by atoms with van der Waals surface area (Å²) in [6.07, 6.45) is 0. The zero-order valence-electron chi connectivity index (χ0n) is 12.6. The van der Waals surface area contributed by atoms with E-state index in [-0.39, 0.29) is 17.0 Å². The summed E-state index contributed by atoms with van der Waals surface area (Å²) in [7, 11) is 0. The Morgan fingerprint density at radius 1 is 1.19 bits per heavy atom. The van der Waals surface area contributed by atoms with Crippen LogP contribution >= 0.6 is 23.2 Å². The molecule has 0 radical (unpaired) electrons. The fourth-order valence-corrected chi connectivity index (χ4v) is 2.41. The first-order chi connectivity index (χ1) is 9.72. The number of hydrogen-bond donors (Lipinski definition) is 2. The third kappa shape index (κ3) is 5.46. The van der Waals surface area contributed by atoms with Gasteiger partial charge in [-0.2, -0.15) is 0 Å². The first kappa shape index (κ1) is 18.2. The van der Waals surface area contributed by atoms with Crippen molar-refractivity contribution in [3.8, 4) is 0 Å². The van der Waals surface area contributed by atoms with Gasteiger partial charge in [0.2, 0.25) is 5.91 Å². The van der Waals surface area contributed by atoms with Crippen molar-refractivity contribution in [2.24, 2.45) is 5.92 Å². The summed E-state index contributed by atoms with van der Waals surface area (Å²) in [5, 5.41) is 6.30. The lowest BCUT2D eigenvalue weighted by atomic mass is 10.1. The second kappa shape index (κ2) is 7.97. The van der Waals surface area contributed by atoms with Gasteiger partial charge in [0.1, 0.15) is 5.82 Å². The van der Waals surface area contributed by atoms with Crippen molar-refractivity contribution in [1.29, 1.82) is 0 Å². The van der Waals surface area contributed by atoms with E-state index in [1.54, 1.807) is 6.92 Å². The SMILES string of the molecule is CC(C)CNC(=O)C(C)NC(C)c1cc(F)c(Cl)cc1Cl. The third-order valence-electron chi connectivity index (χ3n) is 3.08. The van der Waals surface area contributed by atoms with Crippen LogP contribution in [0.5, 0.6) is 0 Å². The van der Waals surface area contributed by atoms with Crippen molar-refractivity contribution in [3.63, 3.8) is 0 Å². The Labute approximate surface area is 135 Å². The second-order valence-electron chi connectivity index (χ2n) is 5.54. The van der Waals surface area contributed by atoms with E-state index in [4.69, 9.17) is 23.2 Å². The Hall–Kier alpha value is -0.840. The molecular weight excluding hydrogens is 314 g/mol. The van der Waals surface area contributed by atoms with Crippen LogP contribution in [0.2, 0.25) is 10.0 Å². The van der Waals surface area contributed by atoms with E-state index in [2.05, 4.69) is 10.6 Å². The quantitative estimate of drug-likeness (QED) is 0.773. The number of carbonyl (C=O) groups is 1. The molecule has 0 aliphatic heterocycles. The molecule has 0 aliphatic rings. The van der Waals surface area contributed by atoms with Gasteiger partial charge in [-0.3, -0.25) is 10.1 Å². The van der Waals surface area contributed by atoms with Gasteiger partial charge in [0.15, 0.2) is 0 Å². The van der Waals surface area contributed by atoms with Gasteiger partial charge in [-0.25, -0.2) is 4.39 Å². The minimum absolute atomic E-state index is 0.0151. The molecule has 6 heteroatoms. The molecule has 0 aromatic heterocycles. The van der Waals surface area contributed by atoms with Gasteiger partial charge in [-0.1, -0.05) is 37.0 Å². The largest absolute Gasteiger partial charge is 0.354 e. The summed E-state index contributed by atoms with van der Waals surface area (Å²) >= 11 is 11.7. The van der Waals surface area contributed by atoms with E-state index in [1.165, 1.54) is 12.1 Å². The predicted molar refractivity (Wildman–Crippen MR) is 85.3 cm³/mol. The highest BCUT2D eigenvalue weighted by Crippen LogP contribution is 2.28. The highest BCUT2D eigenvalue weighted by molar-refractivity contribution is 6.35. The van der Waals surface area contributed by atoms with Gasteiger partial charge >= 0.3 is 0 Å². The van der Waals surface area contributed by atoms with Crippen LogP contribution < -0.4 is 10.6 Å². The molecular formula is C15H21Cl2FN2O. The summed E-state index contributed by atoms with van der Waals surface area (Å²) in [4.78, 5) is 11.9. The molecule has 2 N–H and O–H groups in total. The molecule has 3 nitrogen and oxygen atoms in total. The molecule has 118 valence electrons. The first-order valence-corrected chi connectivity index (χ1v) is 7.66. The average Bonchev–Trinajstić information content (AvgIpc) is 2.39. The fourth-order valence-electron chi connectivity index (χ4n) is 1.87. The Morgan fingerprint density at radius 3 is 2.38 bits per heavy atom. The molecule has 1 aromatic rings. The topological polar surface area (TPSA) is 41.1 Å². The molecule has 1 rings (SSSR count). The number of benzene rings is 1. The Bertz CT molecular complexity index is 509. The average molecular weight is 335 g/mol. The molecule has 0 bridgehead atoms. The van der Waals surface area contributed by atoms with Gasteiger partial charge in [-0.05, 0) is 37.5 Å². The van der Waals surface area contributed by atoms with Crippen LogP contribution in [-0.4, -0.2) is 18.5 Å². The lowest BCUT2D eigenvalue weighted by Gasteiger charge is -2.21. The summed E-state index contributed by atoms with van der Waals surface area (Å²) in [6.45, 7) is 8.25. The highest BCUT2D eigenvalue weighted by atomic mass is 35.5. The van der Waals surface area contributed by atoms with Crippen LogP contribution in [0.15, 0.2) is 12.1 Å². The molecule has 0 saturated heterocycles. The number of nitrogens with one attached hydrogen (secondary N) is 2. The third-order valence-corrected chi connectivity index (χ3v) is 3.70. The van der Waals surface area contributed by atoms with E-state index in [1.807, 2.05) is 20.8 Å². The van der Waals surface area contributed by atoms with Crippen LogP contribution in [0.25, 0.3) is 0 Å². The van der Waals surface area contributed by atoms with E-state index in [0.717, 1.165) is 0 Å². The maximum Gasteiger partial charge on any atom is 0.236 e. The van der Waals surface area contributed by atoms with Gasteiger partial charge < -0.3 is 5.32 Å². The molecule has 1 amide bonds. The van der Waals surface area contributed by atoms with Gasteiger partial charge in [0.25, 0.3) is 0 Å². The summed E-state index contributed by atoms with van der Waals surface area (Å²) in [6, 6.07) is 1.98. The lowest BCUT2D eigenvalue weighted by Crippen LogP contribution is -2.44. The van der Waals surface area contributed by atoms with Crippen molar-refractivity contribution in [2.45, 2.75) is 39.8 Å². The molecule has 0 spiro atoms. The highest BCUT2D eigenvalue weighted by Gasteiger charge is 2.19. The monoisotopic (exact) mass is 334 g/mol. The lowest BCUT2D eigenvalue weighted by molar-refractivity contribution is -0.123. The van der Waals surface area contributed by atoms with Crippen molar-refractivity contribution in [1.82, 2.24) is 10.6 Å². The first-order valence-electron chi connectivity index (χ1n) is 6.90. The number of carbonyl (C=O) groups excluding carboxylic acids is 1. The van der Waals surface area contributed by atoms with E-state index in [0.29, 0.717) is 23.0 Å². The molecule has 0 aliphatic carbocycles. The van der Waals surface area contributed by atoms with Gasteiger partial charge in [0.05, 0.1) is 11.1 Å². The molecule has 21 heavy (non-hydrogen) atoms. The Kier molecular flexibility index (Phi) is 6.91. The standard InChI is InChI=1S/C15H21Cl2FN2O/c1-8(2)7-19-15(21)10(4)20-9(3)11-5-14(18)13(17)6-12(11)16/h5-6,8-10,20H,7H2,1-4H3,(H,19,21). The van der Waals surface area contributed by atoms with Crippen molar-refractivity contribution >= 4 is 29.1 Å². The minimum atomic E-state index is -0.526. The second-order valence-corrected chi connectivity index (χ2v) is 6.35. The van der Waals surface area contributed by atoms with E-state index >= 15 is 0 Å². The van der Waals surface area contributed by atoms with Crippen LogP contribution in [0.1, 0.15) is 39.3 Å². The fraction of sp³-hybridized carbons (Fsp3) is 0.533. The number of amides is 1. The Balaban J connectivity index is 2.70. The van der Waals surface area contributed by atoms with Crippen LogP contribution in [-0.2, 0) is 4.79 Å². The molecule has 0 fully saturated rings. The van der Waals surface area contributed by atoms with Crippen LogP contribution in [0.4, 0.5) is 4.39 Å². The van der Waals surface area contributed by atoms with Crippen molar-refractivity contribution in [2.75, 3.05) is 6.54 Å². The summed E-state index contributed by atoms with van der Waals surface area (Å²) in [5.41, 5.74) is 0.571. The summed E-state index contributed by atoms with van der Waals surface area (Å²) in [5.74, 6) is -0.235. The zero-order chi connectivity index (χ0) is 16.2. The molecule has 1 aromatic carbocycles.